The van der Waals surface area contributed by atoms with Crippen LogP contribution < -0.4 is 10.4 Å². The second kappa shape index (κ2) is 6.33. The molecule has 1 aromatic heterocycles. The standard InChI is InChI=1S/C20H17ClO3/c21-14-5-3-4-13(10-14)12-23-15-8-9-17-16-6-1-2-7-18(16)20(22)24-19(17)11-15/h3-5,8-11H,1-2,6-7,12H2. The molecule has 1 aliphatic rings. The molecule has 0 atom stereocenters. The highest BCUT2D eigenvalue weighted by molar-refractivity contribution is 6.30. The maximum Gasteiger partial charge on any atom is 0.339 e. The summed E-state index contributed by atoms with van der Waals surface area (Å²) in [7, 11) is 0. The van der Waals surface area contributed by atoms with E-state index in [-0.39, 0.29) is 5.63 Å². The summed E-state index contributed by atoms with van der Waals surface area (Å²) in [4.78, 5) is 12.2. The van der Waals surface area contributed by atoms with Crippen LogP contribution in [0.4, 0.5) is 0 Å². The van der Waals surface area contributed by atoms with Gasteiger partial charge in [-0.1, -0.05) is 23.7 Å². The van der Waals surface area contributed by atoms with E-state index in [1.165, 1.54) is 0 Å². The molecule has 1 aliphatic carbocycles. The van der Waals surface area contributed by atoms with Gasteiger partial charge in [0.05, 0.1) is 0 Å². The van der Waals surface area contributed by atoms with Crippen molar-refractivity contribution in [3.63, 3.8) is 0 Å². The first-order chi connectivity index (χ1) is 11.7. The van der Waals surface area contributed by atoms with Crippen LogP contribution >= 0.6 is 11.6 Å². The normalized spacial score (nSPS) is 13.7. The monoisotopic (exact) mass is 340 g/mol. The molecule has 24 heavy (non-hydrogen) atoms. The van der Waals surface area contributed by atoms with Gasteiger partial charge in [-0.15, -0.1) is 0 Å². The molecule has 0 saturated heterocycles. The van der Waals surface area contributed by atoms with E-state index in [9.17, 15) is 4.79 Å². The van der Waals surface area contributed by atoms with Crippen LogP contribution in [0, 0.1) is 0 Å². The Hall–Kier alpha value is -2.26. The van der Waals surface area contributed by atoms with Crippen molar-refractivity contribution in [2.75, 3.05) is 0 Å². The SMILES string of the molecule is O=c1oc2cc(OCc3cccc(Cl)c3)ccc2c2c1CCCC2. The summed E-state index contributed by atoms with van der Waals surface area (Å²) in [6.45, 7) is 0.418. The van der Waals surface area contributed by atoms with Crippen molar-refractivity contribution in [1.82, 2.24) is 0 Å². The first kappa shape index (κ1) is 15.3. The Morgan fingerprint density at radius 1 is 1.04 bits per heavy atom. The maximum atomic E-state index is 12.2. The van der Waals surface area contributed by atoms with E-state index in [4.69, 9.17) is 20.8 Å². The summed E-state index contributed by atoms with van der Waals surface area (Å²) in [5.74, 6) is 0.682. The van der Waals surface area contributed by atoms with Gasteiger partial charge in [-0.05, 0) is 61.1 Å². The summed E-state index contributed by atoms with van der Waals surface area (Å²) in [5, 5.41) is 1.71. The smallest absolute Gasteiger partial charge is 0.339 e. The molecule has 3 nitrogen and oxygen atoms in total. The van der Waals surface area contributed by atoms with Crippen molar-refractivity contribution in [3.05, 3.63) is 74.6 Å². The average Bonchev–Trinajstić information content (AvgIpc) is 2.60. The molecule has 0 saturated carbocycles. The molecule has 4 heteroatoms. The van der Waals surface area contributed by atoms with Gasteiger partial charge >= 0.3 is 5.63 Å². The van der Waals surface area contributed by atoms with Crippen molar-refractivity contribution in [3.8, 4) is 5.75 Å². The van der Waals surface area contributed by atoms with E-state index >= 15 is 0 Å². The van der Waals surface area contributed by atoms with Gasteiger partial charge in [-0.2, -0.15) is 0 Å². The molecule has 0 aliphatic heterocycles. The third kappa shape index (κ3) is 2.92. The Bertz CT molecular complexity index is 959. The van der Waals surface area contributed by atoms with Gasteiger partial charge in [-0.3, -0.25) is 0 Å². The van der Waals surface area contributed by atoms with Crippen molar-refractivity contribution >= 4 is 22.6 Å². The van der Waals surface area contributed by atoms with E-state index in [2.05, 4.69) is 0 Å². The Kier molecular flexibility index (Phi) is 4.03. The summed E-state index contributed by atoms with van der Waals surface area (Å²) >= 11 is 5.98. The molecule has 0 amide bonds. The Morgan fingerprint density at radius 3 is 2.71 bits per heavy atom. The molecule has 1 heterocycles. The van der Waals surface area contributed by atoms with Gasteiger partial charge in [-0.25, -0.2) is 4.79 Å². The molecule has 2 aromatic carbocycles. The molecular weight excluding hydrogens is 324 g/mol. The van der Waals surface area contributed by atoms with Gasteiger partial charge in [0.15, 0.2) is 0 Å². The maximum absolute atomic E-state index is 12.2. The van der Waals surface area contributed by atoms with Crippen molar-refractivity contribution in [2.24, 2.45) is 0 Å². The van der Waals surface area contributed by atoms with E-state index in [0.29, 0.717) is 23.0 Å². The third-order valence-electron chi connectivity index (χ3n) is 4.49. The average molecular weight is 341 g/mol. The van der Waals surface area contributed by atoms with Crippen molar-refractivity contribution in [2.45, 2.75) is 32.3 Å². The van der Waals surface area contributed by atoms with Crippen LogP contribution in [0.1, 0.15) is 29.5 Å². The zero-order valence-corrected chi connectivity index (χ0v) is 13.9. The van der Waals surface area contributed by atoms with E-state index in [1.54, 1.807) is 6.07 Å². The lowest BCUT2D eigenvalue weighted by Crippen LogP contribution is -2.15. The molecular formula is C20H17ClO3. The minimum Gasteiger partial charge on any atom is -0.489 e. The number of fused-ring (bicyclic) bond motifs is 3. The van der Waals surface area contributed by atoms with Gasteiger partial charge in [0.1, 0.15) is 17.9 Å². The van der Waals surface area contributed by atoms with Crippen LogP contribution in [-0.2, 0) is 19.4 Å². The fraction of sp³-hybridized carbons (Fsp3) is 0.250. The first-order valence-electron chi connectivity index (χ1n) is 8.16. The predicted molar refractivity (Wildman–Crippen MR) is 94.9 cm³/mol. The fourth-order valence-corrected chi connectivity index (χ4v) is 3.52. The number of rotatable bonds is 3. The van der Waals surface area contributed by atoms with Crippen molar-refractivity contribution < 1.29 is 9.15 Å². The number of benzene rings is 2. The molecule has 0 N–H and O–H groups in total. The minimum atomic E-state index is -0.204. The molecule has 0 radical (unpaired) electrons. The van der Waals surface area contributed by atoms with Crippen LogP contribution in [0.5, 0.6) is 5.75 Å². The molecule has 0 bridgehead atoms. The zero-order valence-electron chi connectivity index (χ0n) is 13.2. The number of hydrogen-bond donors (Lipinski definition) is 0. The quantitative estimate of drug-likeness (QED) is 0.636. The molecule has 0 unspecified atom stereocenters. The highest BCUT2D eigenvalue weighted by atomic mass is 35.5. The molecule has 0 fully saturated rings. The predicted octanol–water partition coefficient (Wildman–Crippen LogP) is 4.90. The van der Waals surface area contributed by atoms with Crippen LogP contribution in [0.3, 0.4) is 0 Å². The topological polar surface area (TPSA) is 39.4 Å². The Balaban J connectivity index is 1.65. The van der Waals surface area contributed by atoms with Gasteiger partial charge < -0.3 is 9.15 Å². The third-order valence-corrected chi connectivity index (χ3v) is 4.72. The summed E-state index contributed by atoms with van der Waals surface area (Å²) < 4.78 is 11.3. The number of halogens is 1. The summed E-state index contributed by atoms with van der Waals surface area (Å²) in [6, 6.07) is 13.3. The van der Waals surface area contributed by atoms with E-state index in [0.717, 1.165) is 47.8 Å². The van der Waals surface area contributed by atoms with Gasteiger partial charge in [0, 0.05) is 22.0 Å². The second-order valence-electron chi connectivity index (χ2n) is 6.13. The first-order valence-corrected chi connectivity index (χ1v) is 8.54. The Labute approximate surface area is 144 Å². The largest absolute Gasteiger partial charge is 0.489 e. The Morgan fingerprint density at radius 2 is 1.88 bits per heavy atom. The van der Waals surface area contributed by atoms with E-state index < -0.39 is 0 Å². The highest BCUT2D eigenvalue weighted by Gasteiger charge is 2.18. The molecule has 4 rings (SSSR count). The van der Waals surface area contributed by atoms with Gasteiger partial charge in [0.25, 0.3) is 0 Å². The van der Waals surface area contributed by atoms with Crippen LogP contribution in [-0.4, -0.2) is 0 Å². The fourth-order valence-electron chi connectivity index (χ4n) is 3.31. The zero-order chi connectivity index (χ0) is 16.5. The minimum absolute atomic E-state index is 0.204. The van der Waals surface area contributed by atoms with Crippen LogP contribution in [0.25, 0.3) is 11.0 Å². The number of hydrogen-bond acceptors (Lipinski definition) is 3. The lowest BCUT2D eigenvalue weighted by Gasteiger charge is -2.16. The summed E-state index contributed by atoms with van der Waals surface area (Å²) in [5.41, 5.74) is 3.39. The number of ether oxygens (including phenoxy) is 1. The van der Waals surface area contributed by atoms with Crippen LogP contribution in [0.15, 0.2) is 51.7 Å². The second-order valence-corrected chi connectivity index (χ2v) is 6.57. The lowest BCUT2D eigenvalue weighted by molar-refractivity contribution is 0.306. The molecule has 122 valence electrons. The van der Waals surface area contributed by atoms with Gasteiger partial charge in [0.2, 0.25) is 0 Å². The summed E-state index contributed by atoms with van der Waals surface area (Å²) in [6.07, 6.45) is 3.95. The highest BCUT2D eigenvalue weighted by Crippen LogP contribution is 2.29. The van der Waals surface area contributed by atoms with Crippen molar-refractivity contribution in [1.29, 1.82) is 0 Å². The van der Waals surface area contributed by atoms with E-state index in [1.807, 2.05) is 36.4 Å². The lowest BCUT2D eigenvalue weighted by atomic mass is 9.91. The number of aryl methyl sites for hydroxylation is 1. The molecule has 3 aromatic rings. The van der Waals surface area contributed by atoms with Crippen LogP contribution in [0.2, 0.25) is 5.02 Å². The molecule has 0 spiro atoms.